The van der Waals surface area contributed by atoms with Crippen molar-refractivity contribution in [3.05, 3.63) is 65.2 Å². The summed E-state index contributed by atoms with van der Waals surface area (Å²) in [6, 6.07) is 15.7. The van der Waals surface area contributed by atoms with E-state index in [-0.39, 0.29) is 21.9 Å². The van der Waals surface area contributed by atoms with Crippen molar-refractivity contribution in [3.63, 3.8) is 0 Å². The molecule has 2 aromatic carbocycles. The molecule has 0 saturated carbocycles. The van der Waals surface area contributed by atoms with Gasteiger partial charge in [-0.15, -0.1) is 0 Å². The number of fused-ring (bicyclic) bond motifs is 1. The van der Waals surface area contributed by atoms with E-state index < -0.39 is 0 Å². The summed E-state index contributed by atoms with van der Waals surface area (Å²) < 4.78 is 0.734. The van der Waals surface area contributed by atoms with Gasteiger partial charge in [-0.2, -0.15) is 0 Å². The Balaban J connectivity index is 1.58. The van der Waals surface area contributed by atoms with Crippen molar-refractivity contribution in [2.45, 2.75) is 35.3 Å². The molecule has 0 saturated heterocycles. The van der Waals surface area contributed by atoms with E-state index in [0.29, 0.717) is 5.75 Å². The van der Waals surface area contributed by atoms with Crippen LogP contribution in [0.4, 0.5) is 0 Å². The Hall–Kier alpha value is -1.24. The van der Waals surface area contributed by atoms with E-state index in [4.69, 9.17) is 0 Å². The molecule has 0 radical (unpaired) electrons. The van der Waals surface area contributed by atoms with Crippen LogP contribution in [0.1, 0.15) is 29.2 Å². The van der Waals surface area contributed by atoms with Gasteiger partial charge in [0.15, 0.2) is 0 Å². The number of hydrogen-bond donors (Lipinski definition) is 2. The second-order valence-corrected chi connectivity index (χ2v) is 9.15. The van der Waals surface area contributed by atoms with Gasteiger partial charge in [-0.05, 0) is 0 Å². The normalized spacial score (nSPS) is 19.6. The van der Waals surface area contributed by atoms with E-state index in [1.807, 2.05) is 36.4 Å². The van der Waals surface area contributed by atoms with Crippen molar-refractivity contribution in [3.8, 4) is 5.75 Å². The second kappa shape index (κ2) is 6.68. The fraction of sp³-hybridized carbons (Fsp3) is 0.333. The molecular weight excluding hydrogens is 323 g/mol. The van der Waals surface area contributed by atoms with Crippen LogP contribution in [0.5, 0.6) is 5.75 Å². The standard InChI is InChI=1S/C18H21AsO2/c20-17-9-7-13-6-8-16(10-15(13)11-17)19-12-18(21)14-4-2-1-3-5-14/h1-5,7,9,11,16,18-21H,6,8,10,12H2/t16?,18-/m1/s1. The molecule has 0 bridgehead atoms. The fourth-order valence-corrected chi connectivity index (χ4v) is 6.15. The van der Waals surface area contributed by atoms with Crippen LogP contribution >= 0.6 is 0 Å². The molecule has 0 fully saturated rings. The predicted molar refractivity (Wildman–Crippen MR) is 87.2 cm³/mol. The summed E-state index contributed by atoms with van der Waals surface area (Å²) in [5.41, 5.74) is 3.73. The Bertz CT molecular complexity index is 597. The Morgan fingerprint density at radius 1 is 1.10 bits per heavy atom. The molecule has 3 heteroatoms. The van der Waals surface area contributed by atoms with Crippen LogP contribution in [-0.2, 0) is 12.8 Å². The number of phenols is 1. The van der Waals surface area contributed by atoms with Gasteiger partial charge in [0.05, 0.1) is 0 Å². The third kappa shape index (κ3) is 3.70. The number of phenolic OH excluding ortho intramolecular Hbond substituents is 1. The van der Waals surface area contributed by atoms with Gasteiger partial charge in [0.25, 0.3) is 0 Å². The van der Waals surface area contributed by atoms with Crippen molar-refractivity contribution < 1.29 is 10.2 Å². The molecule has 0 amide bonds. The van der Waals surface area contributed by atoms with Crippen molar-refractivity contribution in [1.29, 1.82) is 0 Å². The molecule has 3 rings (SSSR count). The Morgan fingerprint density at radius 2 is 1.90 bits per heavy atom. The topological polar surface area (TPSA) is 40.5 Å². The molecule has 2 N–H and O–H groups in total. The number of aliphatic hydroxyl groups excluding tert-OH is 1. The maximum absolute atomic E-state index is 10.3. The summed E-state index contributed by atoms with van der Waals surface area (Å²) in [7, 11) is 0. The third-order valence-electron chi connectivity index (χ3n) is 4.20. The Morgan fingerprint density at radius 3 is 2.71 bits per heavy atom. The van der Waals surface area contributed by atoms with Crippen LogP contribution in [0.2, 0.25) is 9.91 Å². The number of benzene rings is 2. The van der Waals surface area contributed by atoms with Gasteiger partial charge in [0.2, 0.25) is 0 Å². The number of hydrogen-bond acceptors (Lipinski definition) is 2. The zero-order valence-electron chi connectivity index (χ0n) is 12.0. The molecule has 3 atom stereocenters. The van der Waals surface area contributed by atoms with E-state index in [1.54, 1.807) is 6.07 Å². The van der Waals surface area contributed by atoms with Crippen molar-refractivity contribution in [2.75, 3.05) is 0 Å². The van der Waals surface area contributed by atoms with E-state index in [2.05, 4.69) is 6.07 Å². The van der Waals surface area contributed by atoms with Crippen LogP contribution in [0.3, 0.4) is 0 Å². The monoisotopic (exact) mass is 344 g/mol. The van der Waals surface area contributed by atoms with Crippen molar-refractivity contribution >= 4 is 15.8 Å². The van der Waals surface area contributed by atoms with Gasteiger partial charge in [-0.3, -0.25) is 0 Å². The zero-order chi connectivity index (χ0) is 14.7. The average molecular weight is 344 g/mol. The van der Waals surface area contributed by atoms with E-state index in [9.17, 15) is 10.2 Å². The predicted octanol–water partition coefficient (Wildman–Crippen LogP) is 3.26. The molecule has 0 heterocycles. The van der Waals surface area contributed by atoms with Gasteiger partial charge < -0.3 is 0 Å². The summed E-state index contributed by atoms with van der Waals surface area (Å²) >= 11 is -0.175. The summed E-state index contributed by atoms with van der Waals surface area (Å²) in [4.78, 5) is 0. The van der Waals surface area contributed by atoms with Crippen molar-refractivity contribution in [2.24, 2.45) is 0 Å². The molecule has 0 aromatic heterocycles. The quantitative estimate of drug-likeness (QED) is 0.836. The average Bonchev–Trinajstić information content (AvgIpc) is 2.53. The molecule has 1 aliphatic rings. The first-order chi connectivity index (χ1) is 10.2. The molecule has 2 aromatic rings. The molecule has 0 aliphatic heterocycles. The third-order valence-corrected chi connectivity index (χ3v) is 7.75. The van der Waals surface area contributed by atoms with Gasteiger partial charge in [0.1, 0.15) is 0 Å². The first-order valence-corrected chi connectivity index (χ1v) is 10.2. The van der Waals surface area contributed by atoms with Crippen LogP contribution < -0.4 is 0 Å². The number of aromatic hydroxyl groups is 1. The van der Waals surface area contributed by atoms with E-state index in [1.165, 1.54) is 17.5 Å². The summed E-state index contributed by atoms with van der Waals surface area (Å²) in [5.74, 6) is 0.374. The van der Waals surface area contributed by atoms with Crippen LogP contribution in [0, 0.1) is 0 Å². The maximum atomic E-state index is 10.3. The van der Waals surface area contributed by atoms with Crippen LogP contribution in [0.15, 0.2) is 48.5 Å². The van der Waals surface area contributed by atoms with Crippen molar-refractivity contribution in [1.82, 2.24) is 0 Å². The number of aliphatic hydroxyl groups is 1. The molecule has 1 aliphatic carbocycles. The minimum atomic E-state index is -0.309. The Kier molecular flexibility index (Phi) is 4.67. The van der Waals surface area contributed by atoms with Crippen LogP contribution in [0.25, 0.3) is 0 Å². The first kappa shape index (κ1) is 14.7. The number of aryl methyl sites for hydroxylation is 1. The zero-order valence-corrected chi connectivity index (χ0v) is 14.1. The fourth-order valence-electron chi connectivity index (χ4n) is 2.99. The second-order valence-electron chi connectivity index (χ2n) is 5.73. The molecule has 0 spiro atoms. The molecule has 2 unspecified atom stereocenters. The Labute approximate surface area is 132 Å². The molecule has 21 heavy (non-hydrogen) atoms. The summed E-state index contributed by atoms with van der Waals surface area (Å²) in [5, 5.41) is 20.8. The van der Waals surface area contributed by atoms with Gasteiger partial charge >= 0.3 is 132 Å². The SMILES string of the molecule is Oc1ccc2c(c1)CC([AsH]C[C@@H](O)c1ccccc1)CC2. The van der Waals surface area contributed by atoms with Crippen LogP contribution in [-0.4, -0.2) is 26.0 Å². The molecule has 110 valence electrons. The van der Waals surface area contributed by atoms with Gasteiger partial charge in [-0.1, -0.05) is 0 Å². The van der Waals surface area contributed by atoms with Gasteiger partial charge in [0, 0.05) is 0 Å². The van der Waals surface area contributed by atoms with Gasteiger partial charge in [-0.25, -0.2) is 0 Å². The molecular formula is C18H21AsO2. The summed E-state index contributed by atoms with van der Waals surface area (Å²) in [6.07, 6.45) is 3.12. The van der Waals surface area contributed by atoms with E-state index >= 15 is 0 Å². The molecule has 2 nitrogen and oxygen atoms in total. The number of rotatable bonds is 4. The summed E-state index contributed by atoms with van der Waals surface area (Å²) in [6.45, 7) is 0. The first-order valence-electron chi connectivity index (χ1n) is 7.49. The van der Waals surface area contributed by atoms with E-state index in [0.717, 1.165) is 28.3 Å². The minimum absolute atomic E-state index is 0.175.